The smallest absolute Gasteiger partial charge is 0.141 e. The summed E-state index contributed by atoms with van der Waals surface area (Å²) in [6, 6.07) is 0. The highest BCUT2D eigenvalue weighted by Crippen LogP contribution is 2.39. The number of aliphatic hydroxyl groups excluding tert-OH is 1. The van der Waals surface area contributed by atoms with Crippen molar-refractivity contribution >= 4 is 0 Å². The molecule has 2 rings (SSSR count). The minimum Gasteiger partial charge on any atom is -0.390 e. The predicted molar refractivity (Wildman–Crippen MR) is 66.9 cm³/mol. The van der Waals surface area contributed by atoms with Gasteiger partial charge in [0.25, 0.3) is 0 Å². The minimum absolute atomic E-state index is 0.204. The molecule has 1 fully saturated rings. The number of allylic oxidation sites excluding steroid dienone is 2. The van der Waals surface area contributed by atoms with Crippen LogP contribution in [0.1, 0.15) is 32.6 Å². The van der Waals surface area contributed by atoms with Gasteiger partial charge in [0.15, 0.2) is 0 Å². The van der Waals surface area contributed by atoms with Gasteiger partial charge in [-0.1, -0.05) is 0 Å². The van der Waals surface area contributed by atoms with Crippen LogP contribution in [-0.4, -0.2) is 37.1 Å². The Morgan fingerprint density at radius 3 is 2.47 bits per heavy atom. The van der Waals surface area contributed by atoms with Gasteiger partial charge in [0.05, 0.1) is 6.10 Å². The van der Waals surface area contributed by atoms with Crippen molar-refractivity contribution in [2.75, 3.05) is 14.2 Å². The number of aliphatic hydroxyl groups is 1. The first kappa shape index (κ1) is 12.8. The lowest BCUT2D eigenvalue weighted by molar-refractivity contribution is -0.127. The maximum Gasteiger partial charge on any atom is 0.141 e. The van der Waals surface area contributed by atoms with Gasteiger partial charge in [-0.05, 0) is 55.9 Å². The summed E-state index contributed by atoms with van der Waals surface area (Å²) in [5, 5.41) is 10.0. The van der Waals surface area contributed by atoms with Gasteiger partial charge >= 0.3 is 0 Å². The zero-order valence-corrected chi connectivity index (χ0v) is 10.9. The lowest BCUT2D eigenvalue weighted by atomic mass is 9.76. The average Bonchev–Trinajstić information content (AvgIpc) is 2.36. The molecule has 2 aliphatic rings. The summed E-state index contributed by atoms with van der Waals surface area (Å²) in [5.74, 6) is 0. The second-order valence-electron chi connectivity index (χ2n) is 4.96. The molecule has 1 saturated carbocycles. The second-order valence-corrected chi connectivity index (χ2v) is 4.96. The molecule has 3 heteroatoms. The Kier molecular flexibility index (Phi) is 3.71. The highest BCUT2D eigenvalue weighted by Gasteiger charge is 2.44. The van der Waals surface area contributed by atoms with E-state index in [9.17, 15) is 5.11 Å². The number of hydrogen-bond acceptors (Lipinski definition) is 3. The van der Waals surface area contributed by atoms with E-state index >= 15 is 0 Å². The van der Waals surface area contributed by atoms with Crippen molar-refractivity contribution in [2.45, 2.75) is 50.4 Å². The third-order valence-electron chi connectivity index (χ3n) is 4.01. The van der Waals surface area contributed by atoms with E-state index < -0.39 is 11.7 Å². The Balaban J connectivity index is 2.39. The first-order valence-electron chi connectivity index (χ1n) is 6.33. The molecule has 0 bridgehead atoms. The first-order valence-corrected chi connectivity index (χ1v) is 6.33. The zero-order chi connectivity index (χ0) is 12.5. The van der Waals surface area contributed by atoms with Crippen molar-refractivity contribution in [2.24, 2.45) is 0 Å². The van der Waals surface area contributed by atoms with Crippen molar-refractivity contribution in [3.8, 4) is 0 Å². The monoisotopic (exact) mass is 238 g/mol. The fraction of sp³-hybridized carbons (Fsp3) is 0.714. The molecule has 0 radical (unpaired) electrons. The lowest BCUT2D eigenvalue weighted by Gasteiger charge is -2.42. The van der Waals surface area contributed by atoms with Gasteiger partial charge in [-0.3, -0.25) is 0 Å². The van der Waals surface area contributed by atoms with E-state index in [1.165, 1.54) is 24.0 Å². The SMILES string of the molecule is COC1C=C2CCCCC2=C[C@]1(OC)[C@H](C)O. The van der Waals surface area contributed by atoms with Gasteiger partial charge in [0.2, 0.25) is 0 Å². The Hall–Kier alpha value is -0.640. The molecule has 2 aliphatic carbocycles. The summed E-state index contributed by atoms with van der Waals surface area (Å²) >= 11 is 0. The van der Waals surface area contributed by atoms with Gasteiger partial charge in [-0.15, -0.1) is 0 Å². The molecule has 0 amide bonds. The molecule has 0 aromatic carbocycles. The van der Waals surface area contributed by atoms with E-state index in [0.29, 0.717) is 0 Å². The van der Waals surface area contributed by atoms with Crippen molar-refractivity contribution < 1.29 is 14.6 Å². The summed E-state index contributed by atoms with van der Waals surface area (Å²) in [5.41, 5.74) is 1.97. The van der Waals surface area contributed by atoms with E-state index in [1.54, 1.807) is 21.1 Å². The number of hydrogen-bond donors (Lipinski definition) is 1. The van der Waals surface area contributed by atoms with E-state index in [1.807, 2.05) is 0 Å². The van der Waals surface area contributed by atoms with Crippen LogP contribution in [-0.2, 0) is 9.47 Å². The standard InChI is InChI=1S/C14H22O3/c1-10(15)14(17-3)9-12-7-5-4-6-11(12)8-13(14)16-2/h8-10,13,15H,4-7H2,1-3H3/t10-,13?,14-/m0/s1. The molecular formula is C14H22O3. The van der Waals surface area contributed by atoms with Crippen molar-refractivity contribution in [1.29, 1.82) is 0 Å². The van der Waals surface area contributed by atoms with Gasteiger partial charge in [-0.25, -0.2) is 0 Å². The van der Waals surface area contributed by atoms with Crippen LogP contribution in [0.4, 0.5) is 0 Å². The van der Waals surface area contributed by atoms with E-state index in [2.05, 4.69) is 12.2 Å². The van der Waals surface area contributed by atoms with Crippen molar-refractivity contribution in [3.05, 3.63) is 23.3 Å². The summed E-state index contributed by atoms with van der Waals surface area (Å²) in [6.45, 7) is 1.76. The molecule has 0 aromatic rings. The maximum atomic E-state index is 10.0. The van der Waals surface area contributed by atoms with Crippen LogP contribution in [0, 0.1) is 0 Å². The zero-order valence-electron chi connectivity index (χ0n) is 10.9. The minimum atomic E-state index is -0.731. The molecule has 17 heavy (non-hydrogen) atoms. The molecule has 0 saturated heterocycles. The largest absolute Gasteiger partial charge is 0.390 e. The molecule has 0 heterocycles. The van der Waals surface area contributed by atoms with E-state index in [-0.39, 0.29) is 6.10 Å². The second kappa shape index (κ2) is 4.92. The van der Waals surface area contributed by atoms with Crippen molar-refractivity contribution in [3.63, 3.8) is 0 Å². The van der Waals surface area contributed by atoms with Crippen LogP contribution in [0.2, 0.25) is 0 Å². The van der Waals surface area contributed by atoms with Gasteiger partial charge in [-0.2, -0.15) is 0 Å². The molecule has 1 N–H and O–H groups in total. The number of ether oxygens (including phenoxy) is 2. The third kappa shape index (κ3) is 2.07. The van der Waals surface area contributed by atoms with E-state index in [4.69, 9.17) is 9.47 Å². The average molecular weight is 238 g/mol. The summed E-state index contributed by atoms with van der Waals surface area (Å²) < 4.78 is 11.1. The van der Waals surface area contributed by atoms with Crippen LogP contribution in [0.3, 0.4) is 0 Å². The van der Waals surface area contributed by atoms with Gasteiger partial charge in [0, 0.05) is 14.2 Å². The maximum absolute atomic E-state index is 10.0. The predicted octanol–water partition coefficient (Wildman–Crippen LogP) is 2.21. The molecule has 96 valence electrons. The lowest BCUT2D eigenvalue weighted by Crippen LogP contribution is -2.52. The van der Waals surface area contributed by atoms with Crippen molar-refractivity contribution in [1.82, 2.24) is 0 Å². The normalized spacial score (nSPS) is 34.7. The highest BCUT2D eigenvalue weighted by molar-refractivity contribution is 5.42. The quantitative estimate of drug-likeness (QED) is 0.819. The van der Waals surface area contributed by atoms with Crippen LogP contribution in [0.5, 0.6) is 0 Å². The van der Waals surface area contributed by atoms with Gasteiger partial charge < -0.3 is 14.6 Å². The topological polar surface area (TPSA) is 38.7 Å². The third-order valence-corrected chi connectivity index (χ3v) is 4.01. The Morgan fingerprint density at radius 1 is 1.29 bits per heavy atom. The summed E-state index contributed by atoms with van der Waals surface area (Å²) in [6.07, 6.45) is 8.08. The number of methoxy groups -OCH3 is 2. The fourth-order valence-electron chi connectivity index (χ4n) is 2.93. The van der Waals surface area contributed by atoms with Crippen LogP contribution in [0.15, 0.2) is 23.3 Å². The molecule has 0 spiro atoms. The Morgan fingerprint density at radius 2 is 1.94 bits per heavy atom. The summed E-state index contributed by atoms with van der Waals surface area (Å²) in [7, 11) is 3.30. The number of fused-ring (bicyclic) bond motifs is 1. The molecule has 1 unspecified atom stereocenters. The van der Waals surface area contributed by atoms with Crippen LogP contribution < -0.4 is 0 Å². The Labute approximate surface area is 103 Å². The number of rotatable bonds is 3. The highest BCUT2D eigenvalue weighted by atomic mass is 16.5. The molecule has 0 aliphatic heterocycles. The van der Waals surface area contributed by atoms with Crippen LogP contribution in [0.25, 0.3) is 0 Å². The Bertz CT molecular complexity index is 343. The van der Waals surface area contributed by atoms with Crippen LogP contribution >= 0.6 is 0 Å². The first-order chi connectivity index (χ1) is 8.14. The fourth-order valence-corrected chi connectivity index (χ4v) is 2.93. The molecular weight excluding hydrogens is 216 g/mol. The molecule has 3 nitrogen and oxygen atoms in total. The van der Waals surface area contributed by atoms with E-state index in [0.717, 1.165) is 12.8 Å². The summed E-state index contributed by atoms with van der Waals surface area (Å²) in [4.78, 5) is 0. The molecule has 3 atom stereocenters. The molecule has 0 aromatic heterocycles. The van der Waals surface area contributed by atoms with Gasteiger partial charge in [0.1, 0.15) is 11.7 Å².